The van der Waals surface area contributed by atoms with Gasteiger partial charge in [-0.05, 0) is 47.2 Å². The Morgan fingerprint density at radius 1 is 0.375 bits per heavy atom. The fraction of sp³-hybridized carbons (Fsp3) is 0. The number of rotatable bonds is 2. The van der Waals surface area contributed by atoms with Gasteiger partial charge in [0.2, 0.25) is 0 Å². The van der Waals surface area contributed by atoms with E-state index in [-0.39, 0.29) is 0 Å². The number of aromatic nitrogens is 4. The van der Waals surface area contributed by atoms with Crippen molar-refractivity contribution in [2.45, 2.75) is 0 Å². The molecule has 0 N–H and O–H groups in total. The lowest BCUT2D eigenvalue weighted by atomic mass is 10.1. The Bertz CT molecular complexity index is 2270. The fourth-order valence-corrected chi connectivity index (χ4v) is 6.40. The van der Waals surface area contributed by atoms with E-state index in [2.05, 4.69) is 130 Å². The van der Waals surface area contributed by atoms with Gasteiger partial charge < -0.3 is 0 Å². The molecule has 0 bridgehead atoms. The van der Waals surface area contributed by atoms with Gasteiger partial charge in [0.15, 0.2) is 0 Å². The number of pyridine rings is 2. The number of benzene rings is 5. The quantitative estimate of drug-likeness (QED) is 0.233. The van der Waals surface area contributed by atoms with Crippen molar-refractivity contribution in [2.24, 2.45) is 0 Å². The van der Waals surface area contributed by atoms with Gasteiger partial charge in [-0.15, -0.1) is 0 Å². The molecule has 5 aromatic carbocycles. The predicted molar refractivity (Wildman–Crippen MR) is 166 cm³/mol. The second-order valence-corrected chi connectivity index (χ2v) is 10.3. The molecule has 0 radical (unpaired) electrons. The fourth-order valence-electron chi connectivity index (χ4n) is 6.40. The van der Waals surface area contributed by atoms with E-state index in [0.717, 1.165) is 44.5 Å². The summed E-state index contributed by atoms with van der Waals surface area (Å²) in [4.78, 5) is 9.84. The average Bonchev–Trinajstić information content (AvgIpc) is 3.53. The highest BCUT2D eigenvalue weighted by Crippen LogP contribution is 2.42. The van der Waals surface area contributed by atoms with Crippen LogP contribution in [0, 0.1) is 0 Å². The first-order valence-electron chi connectivity index (χ1n) is 13.5. The molecule has 40 heavy (non-hydrogen) atoms. The molecule has 0 aliphatic heterocycles. The van der Waals surface area contributed by atoms with Gasteiger partial charge in [-0.1, -0.05) is 84.9 Å². The summed E-state index contributed by atoms with van der Waals surface area (Å²) in [6.45, 7) is 0. The highest BCUT2D eigenvalue weighted by molar-refractivity contribution is 6.28. The predicted octanol–water partition coefficient (Wildman–Crippen LogP) is 8.98. The lowest BCUT2D eigenvalue weighted by molar-refractivity contribution is 1.08. The van der Waals surface area contributed by atoms with Gasteiger partial charge in [0.05, 0.1) is 22.1 Å². The number of hydrogen-bond acceptors (Lipinski definition) is 2. The van der Waals surface area contributed by atoms with Crippen molar-refractivity contribution >= 4 is 65.2 Å². The topological polar surface area (TPSA) is 35.6 Å². The number of fused-ring (bicyclic) bond motifs is 9. The average molecular weight is 511 g/mol. The summed E-state index contributed by atoms with van der Waals surface area (Å²) in [5, 5.41) is 9.54. The van der Waals surface area contributed by atoms with Crippen molar-refractivity contribution in [3.8, 4) is 11.6 Å². The van der Waals surface area contributed by atoms with Crippen LogP contribution in [0.25, 0.3) is 76.8 Å². The molecule has 9 aromatic rings. The molecule has 0 atom stereocenters. The van der Waals surface area contributed by atoms with Crippen molar-refractivity contribution < 1.29 is 0 Å². The Morgan fingerprint density at radius 3 is 1.25 bits per heavy atom. The number of para-hydroxylation sites is 2. The first-order valence-corrected chi connectivity index (χ1v) is 13.5. The van der Waals surface area contributed by atoms with Gasteiger partial charge in [0, 0.05) is 44.7 Å². The molecular formula is C36H22N4. The monoisotopic (exact) mass is 510 g/mol. The van der Waals surface area contributed by atoms with E-state index >= 15 is 0 Å². The summed E-state index contributed by atoms with van der Waals surface area (Å²) < 4.78 is 4.61. The van der Waals surface area contributed by atoms with E-state index in [9.17, 15) is 0 Å². The maximum Gasteiger partial charge on any atom is 0.138 e. The third kappa shape index (κ3) is 2.90. The molecule has 4 nitrogen and oxygen atoms in total. The molecule has 0 saturated heterocycles. The normalized spacial score (nSPS) is 12.0. The Labute approximate surface area is 229 Å². The molecular weight excluding hydrogens is 488 g/mol. The highest BCUT2D eigenvalue weighted by Gasteiger charge is 2.21. The van der Waals surface area contributed by atoms with Crippen LogP contribution in [-0.4, -0.2) is 19.1 Å². The SMILES string of the molecule is c1ccc2cc(-n3c4ccccc4c4c5c6ccccc6n(-c6cc7ccccc7cn6)c5ccc43)ncc2c1. The molecule has 4 aromatic heterocycles. The maximum absolute atomic E-state index is 4.92. The molecule has 4 heterocycles. The Morgan fingerprint density at radius 2 is 0.775 bits per heavy atom. The van der Waals surface area contributed by atoms with Crippen molar-refractivity contribution in [2.75, 3.05) is 0 Å². The van der Waals surface area contributed by atoms with E-state index < -0.39 is 0 Å². The summed E-state index contributed by atoms with van der Waals surface area (Å²) in [6.07, 6.45) is 3.95. The van der Waals surface area contributed by atoms with Crippen molar-refractivity contribution in [3.05, 3.63) is 134 Å². The van der Waals surface area contributed by atoms with Gasteiger partial charge in [0.25, 0.3) is 0 Å². The molecule has 0 amide bonds. The van der Waals surface area contributed by atoms with Crippen molar-refractivity contribution in [1.82, 2.24) is 19.1 Å². The van der Waals surface area contributed by atoms with Gasteiger partial charge in [0.1, 0.15) is 11.6 Å². The summed E-state index contributed by atoms with van der Waals surface area (Å²) in [6, 6.07) is 43.0. The second kappa shape index (κ2) is 8.01. The molecule has 0 aliphatic rings. The maximum atomic E-state index is 4.92. The van der Waals surface area contributed by atoms with E-state index in [1.54, 1.807) is 0 Å². The molecule has 0 saturated carbocycles. The first-order chi connectivity index (χ1) is 19.8. The van der Waals surface area contributed by atoms with Gasteiger partial charge in [-0.25, -0.2) is 9.97 Å². The van der Waals surface area contributed by atoms with E-state index in [1.807, 2.05) is 12.4 Å². The van der Waals surface area contributed by atoms with Crippen LogP contribution in [0.2, 0.25) is 0 Å². The van der Waals surface area contributed by atoms with E-state index in [4.69, 9.17) is 9.97 Å². The minimum Gasteiger partial charge on any atom is -0.294 e. The minimum atomic E-state index is 0.921. The van der Waals surface area contributed by atoms with Crippen LogP contribution in [0.5, 0.6) is 0 Å². The number of hydrogen-bond donors (Lipinski definition) is 0. The largest absolute Gasteiger partial charge is 0.294 e. The van der Waals surface area contributed by atoms with Crippen molar-refractivity contribution in [3.63, 3.8) is 0 Å². The van der Waals surface area contributed by atoms with Crippen LogP contribution in [0.3, 0.4) is 0 Å². The van der Waals surface area contributed by atoms with Gasteiger partial charge >= 0.3 is 0 Å². The highest BCUT2D eigenvalue weighted by atomic mass is 15.1. The molecule has 9 rings (SSSR count). The molecule has 186 valence electrons. The summed E-state index contributed by atoms with van der Waals surface area (Å²) in [7, 11) is 0. The van der Waals surface area contributed by atoms with Crippen LogP contribution < -0.4 is 0 Å². The Balaban J connectivity index is 1.43. The van der Waals surface area contributed by atoms with Crippen LogP contribution in [0.15, 0.2) is 134 Å². The van der Waals surface area contributed by atoms with Crippen molar-refractivity contribution in [1.29, 1.82) is 0 Å². The van der Waals surface area contributed by atoms with Crippen LogP contribution in [0.1, 0.15) is 0 Å². The molecule has 0 aliphatic carbocycles. The molecule has 0 unspecified atom stereocenters. The Kier molecular flexibility index (Phi) is 4.30. The zero-order chi connectivity index (χ0) is 26.2. The second-order valence-electron chi connectivity index (χ2n) is 10.3. The zero-order valence-corrected chi connectivity index (χ0v) is 21.5. The van der Waals surface area contributed by atoms with Gasteiger partial charge in [-0.2, -0.15) is 0 Å². The molecule has 0 fully saturated rings. The summed E-state index contributed by atoms with van der Waals surface area (Å²) in [5.41, 5.74) is 4.58. The lowest BCUT2D eigenvalue weighted by Gasteiger charge is -2.09. The smallest absolute Gasteiger partial charge is 0.138 e. The molecule has 0 spiro atoms. The third-order valence-electron chi connectivity index (χ3n) is 8.16. The first kappa shape index (κ1) is 21.5. The van der Waals surface area contributed by atoms with Gasteiger partial charge in [-0.3, -0.25) is 9.13 Å². The van der Waals surface area contributed by atoms with E-state index in [0.29, 0.717) is 0 Å². The van der Waals surface area contributed by atoms with Crippen LogP contribution in [-0.2, 0) is 0 Å². The Hall–Kier alpha value is -5.48. The summed E-state index contributed by atoms with van der Waals surface area (Å²) in [5.74, 6) is 1.84. The molecule has 4 heteroatoms. The third-order valence-corrected chi connectivity index (χ3v) is 8.16. The van der Waals surface area contributed by atoms with E-state index in [1.165, 1.54) is 32.3 Å². The lowest BCUT2D eigenvalue weighted by Crippen LogP contribution is -1.98. The number of nitrogens with zero attached hydrogens (tertiary/aromatic N) is 4. The van der Waals surface area contributed by atoms with Crippen LogP contribution >= 0.6 is 0 Å². The summed E-state index contributed by atoms with van der Waals surface area (Å²) >= 11 is 0. The standard InChI is InChI=1S/C36H22N4/c1-3-11-25-21-37-33(19-23(25)9-1)39-29-15-7-5-13-27(29)35-31(39)17-18-32-36(35)28-14-6-8-16-30(28)40(32)34-20-24-10-2-4-12-26(24)22-38-34/h1-22H. The van der Waals surface area contributed by atoms with Crippen LogP contribution in [0.4, 0.5) is 0 Å². The zero-order valence-electron chi connectivity index (χ0n) is 21.5. The minimum absolute atomic E-state index is 0.921.